The molecule has 1 aliphatic carbocycles. The summed E-state index contributed by atoms with van der Waals surface area (Å²) in [4.78, 5) is 0. The van der Waals surface area contributed by atoms with Gasteiger partial charge in [0.25, 0.3) is 0 Å². The van der Waals surface area contributed by atoms with Crippen molar-refractivity contribution in [2.45, 2.75) is 37.5 Å². The van der Waals surface area contributed by atoms with E-state index in [4.69, 9.17) is 4.74 Å². The molecule has 1 rings (SSSR count). The van der Waals surface area contributed by atoms with Gasteiger partial charge in [-0.1, -0.05) is 0 Å². The molecule has 1 fully saturated rings. The van der Waals surface area contributed by atoms with Gasteiger partial charge in [0, 0.05) is 19.7 Å². The number of ether oxygens (including phenoxy) is 1. The van der Waals surface area contributed by atoms with Crippen LogP contribution in [0.1, 0.15) is 19.3 Å². The minimum absolute atomic E-state index is 0.159. The molecule has 0 saturated heterocycles. The summed E-state index contributed by atoms with van der Waals surface area (Å²) in [6.07, 6.45) is 2.23. The van der Waals surface area contributed by atoms with Gasteiger partial charge >= 0.3 is 0 Å². The lowest BCUT2D eigenvalue weighted by Gasteiger charge is -2.18. The summed E-state index contributed by atoms with van der Waals surface area (Å²) < 4.78 is 4.79. The Morgan fingerprint density at radius 2 is 2.31 bits per heavy atom. The van der Waals surface area contributed by atoms with Crippen molar-refractivity contribution in [1.82, 2.24) is 5.32 Å². The highest BCUT2D eigenvalue weighted by molar-refractivity contribution is 4.83. The predicted octanol–water partition coefficient (Wildman–Crippen LogP) is -0.503. The second-order valence-electron chi connectivity index (χ2n) is 3.62. The Hall–Kier alpha value is -0.160. The maximum absolute atomic E-state index is 9.46. The van der Waals surface area contributed by atoms with Crippen molar-refractivity contribution in [3.8, 4) is 0 Å². The summed E-state index contributed by atoms with van der Waals surface area (Å²) in [7, 11) is 1.56. The minimum Gasteiger partial charge on any atom is -0.392 e. The third-order valence-electron chi connectivity index (χ3n) is 2.45. The molecule has 78 valence electrons. The Morgan fingerprint density at radius 3 is 2.85 bits per heavy atom. The highest BCUT2D eigenvalue weighted by atomic mass is 16.5. The molecule has 1 unspecified atom stereocenters. The van der Waals surface area contributed by atoms with E-state index in [1.807, 2.05) is 0 Å². The first-order chi connectivity index (χ1) is 6.24. The molecule has 13 heavy (non-hydrogen) atoms. The molecule has 3 N–H and O–H groups in total. The molecule has 0 aromatic heterocycles. The van der Waals surface area contributed by atoms with Crippen LogP contribution in [0.15, 0.2) is 0 Å². The molecule has 0 radical (unpaired) electrons. The molecule has 0 aliphatic heterocycles. The lowest BCUT2D eigenvalue weighted by atomic mass is 10.2. The summed E-state index contributed by atoms with van der Waals surface area (Å²) in [6.45, 7) is 0.839. The molecule has 0 aromatic rings. The molecule has 0 bridgehead atoms. The van der Waals surface area contributed by atoms with Crippen LogP contribution in [0.2, 0.25) is 0 Å². The Labute approximate surface area is 78.9 Å². The highest BCUT2D eigenvalue weighted by Gasteiger charge is 2.24. The topological polar surface area (TPSA) is 61.7 Å². The van der Waals surface area contributed by atoms with Gasteiger partial charge < -0.3 is 20.3 Å². The first kappa shape index (κ1) is 10.9. The van der Waals surface area contributed by atoms with Gasteiger partial charge in [-0.15, -0.1) is 0 Å². The zero-order chi connectivity index (χ0) is 9.68. The van der Waals surface area contributed by atoms with Crippen LogP contribution in [0.5, 0.6) is 0 Å². The number of methoxy groups -OCH3 is 1. The predicted molar refractivity (Wildman–Crippen MR) is 49.5 cm³/mol. The molecule has 1 aliphatic rings. The number of nitrogens with one attached hydrogen (secondary N) is 1. The third-order valence-corrected chi connectivity index (χ3v) is 2.45. The maximum atomic E-state index is 9.46. The van der Waals surface area contributed by atoms with Gasteiger partial charge in [0.1, 0.15) is 0 Å². The number of rotatable bonds is 5. The van der Waals surface area contributed by atoms with Crippen molar-refractivity contribution < 1.29 is 14.9 Å². The largest absolute Gasteiger partial charge is 0.392 e. The van der Waals surface area contributed by atoms with Crippen molar-refractivity contribution in [2.24, 2.45) is 0 Å². The Bertz CT molecular complexity index is 143. The fourth-order valence-electron chi connectivity index (χ4n) is 1.72. The summed E-state index contributed by atoms with van der Waals surface area (Å²) in [5.41, 5.74) is 0. The van der Waals surface area contributed by atoms with Crippen LogP contribution in [0.4, 0.5) is 0 Å². The lowest BCUT2D eigenvalue weighted by Crippen LogP contribution is -2.41. The van der Waals surface area contributed by atoms with Gasteiger partial charge in [0.05, 0.1) is 18.8 Å². The monoisotopic (exact) mass is 189 g/mol. The van der Waals surface area contributed by atoms with Crippen LogP contribution in [0, 0.1) is 0 Å². The van der Waals surface area contributed by atoms with Crippen LogP contribution in [-0.2, 0) is 4.74 Å². The van der Waals surface area contributed by atoms with Crippen LogP contribution in [0.3, 0.4) is 0 Å². The molecular weight excluding hydrogens is 170 g/mol. The molecule has 3 atom stereocenters. The van der Waals surface area contributed by atoms with Gasteiger partial charge in [-0.3, -0.25) is 0 Å². The summed E-state index contributed by atoms with van der Waals surface area (Å²) >= 11 is 0. The zero-order valence-electron chi connectivity index (χ0n) is 8.07. The third kappa shape index (κ3) is 3.60. The SMILES string of the molecule is COCC(O)CN[C@H]1CCC[C@@H]1O. The molecule has 4 nitrogen and oxygen atoms in total. The van der Waals surface area contributed by atoms with E-state index >= 15 is 0 Å². The number of hydrogen-bond acceptors (Lipinski definition) is 4. The van der Waals surface area contributed by atoms with E-state index in [1.54, 1.807) is 7.11 Å². The van der Waals surface area contributed by atoms with Crippen molar-refractivity contribution in [3.63, 3.8) is 0 Å². The fraction of sp³-hybridized carbons (Fsp3) is 1.00. The zero-order valence-corrected chi connectivity index (χ0v) is 8.07. The molecule has 0 spiro atoms. The number of hydrogen-bond donors (Lipinski definition) is 3. The van der Waals surface area contributed by atoms with Gasteiger partial charge in [-0.25, -0.2) is 0 Å². The maximum Gasteiger partial charge on any atom is 0.0897 e. The molecule has 0 heterocycles. The summed E-state index contributed by atoms with van der Waals surface area (Å²) in [6, 6.07) is 0.159. The minimum atomic E-state index is -0.474. The first-order valence-electron chi connectivity index (χ1n) is 4.82. The number of aliphatic hydroxyl groups is 2. The summed E-state index contributed by atoms with van der Waals surface area (Å²) in [5, 5.41) is 21.9. The molecule has 0 amide bonds. The van der Waals surface area contributed by atoms with Crippen molar-refractivity contribution in [3.05, 3.63) is 0 Å². The smallest absolute Gasteiger partial charge is 0.0897 e. The van der Waals surface area contributed by atoms with E-state index in [9.17, 15) is 10.2 Å². The Balaban J connectivity index is 2.10. The normalized spacial score (nSPS) is 30.7. The molecular formula is C9H19NO3. The van der Waals surface area contributed by atoms with E-state index in [-0.39, 0.29) is 12.1 Å². The van der Waals surface area contributed by atoms with Crippen molar-refractivity contribution >= 4 is 0 Å². The molecule has 4 heteroatoms. The molecule has 0 aromatic carbocycles. The van der Waals surface area contributed by atoms with E-state index in [1.165, 1.54) is 0 Å². The van der Waals surface area contributed by atoms with Crippen LogP contribution >= 0.6 is 0 Å². The van der Waals surface area contributed by atoms with Crippen LogP contribution in [0.25, 0.3) is 0 Å². The van der Waals surface area contributed by atoms with Gasteiger partial charge in [-0.05, 0) is 19.3 Å². The van der Waals surface area contributed by atoms with Crippen molar-refractivity contribution in [2.75, 3.05) is 20.3 Å². The van der Waals surface area contributed by atoms with E-state index in [0.29, 0.717) is 13.2 Å². The average Bonchev–Trinajstić information content (AvgIpc) is 2.48. The fourth-order valence-corrected chi connectivity index (χ4v) is 1.72. The van der Waals surface area contributed by atoms with Crippen LogP contribution < -0.4 is 5.32 Å². The van der Waals surface area contributed by atoms with E-state index in [2.05, 4.69) is 5.32 Å². The lowest BCUT2D eigenvalue weighted by molar-refractivity contribution is 0.0576. The first-order valence-corrected chi connectivity index (χ1v) is 4.82. The van der Waals surface area contributed by atoms with Crippen molar-refractivity contribution in [1.29, 1.82) is 0 Å². The Kier molecular flexibility index (Phi) is 4.66. The quantitative estimate of drug-likeness (QED) is 0.545. The van der Waals surface area contributed by atoms with Gasteiger partial charge in [0.15, 0.2) is 0 Å². The van der Waals surface area contributed by atoms with Gasteiger partial charge in [0.2, 0.25) is 0 Å². The van der Waals surface area contributed by atoms with Crippen LogP contribution in [-0.4, -0.2) is 48.7 Å². The molecule has 1 saturated carbocycles. The van der Waals surface area contributed by atoms with E-state index < -0.39 is 6.10 Å². The second kappa shape index (κ2) is 5.54. The number of aliphatic hydroxyl groups excluding tert-OH is 2. The summed E-state index contributed by atoms with van der Waals surface area (Å²) in [5.74, 6) is 0. The standard InChI is InChI=1S/C9H19NO3/c1-13-6-7(11)5-10-8-3-2-4-9(8)12/h7-12H,2-6H2,1H3/t7?,8-,9-/m0/s1. The van der Waals surface area contributed by atoms with Gasteiger partial charge in [-0.2, -0.15) is 0 Å². The second-order valence-corrected chi connectivity index (χ2v) is 3.62. The highest BCUT2D eigenvalue weighted by Crippen LogP contribution is 2.18. The van der Waals surface area contributed by atoms with E-state index in [0.717, 1.165) is 19.3 Å². The average molecular weight is 189 g/mol. The Morgan fingerprint density at radius 1 is 1.54 bits per heavy atom.